The first kappa shape index (κ1) is 17.7. The number of nitrogens with zero attached hydrogens (tertiary/aromatic N) is 3. The molecule has 3 aromatic rings. The van der Waals surface area contributed by atoms with Crippen LogP contribution in [0.25, 0.3) is 5.69 Å². The van der Waals surface area contributed by atoms with Gasteiger partial charge in [-0.3, -0.25) is 19.1 Å². The maximum Gasteiger partial charge on any atom is 0.345 e. The van der Waals surface area contributed by atoms with Gasteiger partial charge in [0.1, 0.15) is 11.4 Å². The Labute approximate surface area is 160 Å². The van der Waals surface area contributed by atoms with Gasteiger partial charge in [0, 0.05) is 11.8 Å². The summed E-state index contributed by atoms with van der Waals surface area (Å²) >= 11 is 0. The van der Waals surface area contributed by atoms with Crippen molar-refractivity contribution < 1.29 is 14.3 Å². The maximum atomic E-state index is 13.1. The summed E-state index contributed by atoms with van der Waals surface area (Å²) in [7, 11) is 0. The molecule has 0 saturated carbocycles. The molecule has 0 spiro atoms. The third-order valence-corrected chi connectivity index (χ3v) is 4.51. The average molecular weight is 375 g/mol. The minimum absolute atomic E-state index is 0.114. The topological polar surface area (TPSA) is 81.5 Å². The standard InChI is InChI=1S/C21H17N3O4/c1-2-28-21(27)15-12-22-18-13-23(19(25)14-8-4-3-5-9-14)16-10-6-7-11-17(16)24(18)20(15)26/h3-12H,2,13H2,1H3. The SMILES string of the molecule is CCOC(=O)c1cnc2n(c1=O)-c1ccccc1N(C(=O)c1ccccc1)C2. The summed E-state index contributed by atoms with van der Waals surface area (Å²) in [5.74, 6) is -0.528. The summed E-state index contributed by atoms with van der Waals surface area (Å²) in [4.78, 5) is 43.9. The van der Waals surface area contributed by atoms with Gasteiger partial charge >= 0.3 is 5.97 Å². The molecule has 7 heteroatoms. The van der Waals surface area contributed by atoms with Gasteiger partial charge in [0.05, 0.1) is 24.5 Å². The van der Waals surface area contributed by atoms with Gasteiger partial charge in [0.2, 0.25) is 0 Å². The quantitative estimate of drug-likeness (QED) is 0.657. The van der Waals surface area contributed by atoms with Crippen LogP contribution in [0, 0.1) is 0 Å². The Morgan fingerprint density at radius 1 is 1.04 bits per heavy atom. The van der Waals surface area contributed by atoms with Crippen molar-refractivity contribution in [3.8, 4) is 5.69 Å². The molecule has 0 fully saturated rings. The Balaban J connectivity index is 1.85. The van der Waals surface area contributed by atoms with Crippen LogP contribution in [0.4, 0.5) is 5.69 Å². The highest BCUT2D eigenvalue weighted by Gasteiger charge is 2.30. The second kappa shape index (κ2) is 7.11. The molecule has 0 atom stereocenters. The summed E-state index contributed by atoms with van der Waals surface area (Å²) in [6.07, 6.45) is 1.21. The highest BCUT2D eigenvalue weighted by Crippen LogP contribution is 2.31. The average Bonchev–Trinajstić information content (AvgIpc) is 2.73. The normalized spacial score (nSPS) is 12.1. The lowest BCUT2D eigenvalue weighted by molar-refractivity contribution is 0.0523. The molecule has 1 aromatic heterocycles. The Hall–Kier alpha value is -3.74. The molecule has 140 valence electrons. The number of rotatable bonds is 3. The second-order valence-corrected chi connectivity index (χ2v) is 6.20. The van der Waals surface area contributed by atoms with E-state index in [0.717, 1.165) is 0 Å². The van der Waals surface area contributed by atoms with Crippen molar-refractivity contribution in [3.63, 3.8) is 0 Å². The Bertz CT molecular complexity index is 1120. The van der Waals surface area contributed by atoms with Crippen LogP contribution in [0.3, 0.4) is 0 Å². The summed E-state index contributed by atoms with van der Waals surface area (Å²) in [6, 6.07) is 16.0. The van der Waals surface area contributed by atoms with Crippen molar-refractivity contribution >= 4 is 17.6 Å². The van der Waals surface area contributed by atoms with Crippen LogP contribution in [-0.4, -0.2) is 28.0 Å². The van der Waals surface area contributed by atoms with Crippen LogP contribution in [0.1, 0.15) is 33.5 Å². The number of para-hydroxylation sites is 2. The lowest BCUT2D eigenvalue weighted by Gasteiger charge is -2.31. The zero-order chi connectivity index (χ0) is 19.7. The number of esters is 1. The predicted octanol–water partition coefficient (Wildman–Crippen LogP) is 2.57. The minimum Gasteiger partial charge on any atom is -0.462 e. The van der Waals surface area contributed by atoms with Crippen LogP contribution < -0.4 is 10.5 Å². The molecule has 0 saturated heterocycles. The highest BCUT2D eigenvalue weighted by molar-refractivity contribution is 6.07. The fraction of sp³-hybridized carbons (Fsp3) is 0.143. The van der Waals surface area contributed by atoms with Crippen LogP contribution in [-0.2, 0) is 11.3 Å². The van der Waals surface area contributed by atoms with E-state index < -0.39 is 11.5 Å². The van der Waals surface area contributed by atoms with Gasteiger partial charge < -0.3 is 4.74 Å². The third-order valence-electron chi connectivity index (χ3n) is 4.51. The number of fused-ring (bicyclic) bond motifs is 3. The molecule has 1 amide bonds. The molecule has 2 heterocycles. The Kier molecular flexibility index (Phi) is 4.49. The van der Waals surface area contributed by atoms with Gasteiger partial charge in [-0.15, -0.1) is 0 Å². The number of carbonyl (C=O) groups excluding carboxylic acids is 2. The monoisotopic (exact) mass is 375 g/mol. The van der Waals surface area contributed by atoms with Crippen molar-refractivity contribution in [2.45, 2.75) is 13.5 Å². The fourth-order valence-corrected chi connectivity index (χ4v) is 3.22. The van der Waals surface area contributed by atoms with Gasteiger partial charge in [-0.1, -0.05) is 30.3 Å². The summed E-state index contributed by atoms with van der Waals surface area (Å²) in [5, 5.41) is 0. The molecule has 0 bridgehead atoms. The molecule has 7 nitrogen and oxygen atoms in total. The number of hydrogen-bond donors (Lipinski definition) is 0. The molecule has 4 rings (SSSR count). The van der Waals surface area contributed by atoms with Gasteiger partial charge in [-0.2, -0.15) is 0 Å². The molecule has 0 radical (unpaired) electrons. The Morgan fingerprint density at radius 2 is 1.71 bits per heavy atom. The number of benzene rings is 2. The van der Waals surface area contributed by atoms with E-state index in [2.05, 4.69) is 4.98 Å². The third kappa shape index (κ3) is 2.87. The molecular weight excluding hydrogens is 358 g/mol. The Morgan fingerprint density at radius 3 is 2.43 bits per heavy atom. The first-order chi connectivity index (χ1) is 13.6. The van der Waals surface area contributed by atoms with Crippen LogP contribution in [0.15, 0.2) is 65.6 Å². The lowest BCUT2D eigenvalue weighted by Crippen LogP contribution is -2.40. The fourth-order valence-electron chi connectivity index (χ4n) is 3.22. The van der Waals surface area contributed by atoms with Crippen molar-refractivity contribution in [2.75, 3.05) is 11.5 Å². The van der Waals surface area contributed by atoms with Crippen LogP contribution in [0.5, 0.6) is 0 Å². The van der Waals surface area contributed by atoms with E-state index in [1.165, 1.54) is 10.8 Å². The van der Waals surface area contributed by atoms with E-state index in [4.69, 9.17) is 4.74 Å². The van der Waals surface area contributed by atoms with Gasteiger partial charge in [-0.25, -0.2) is 9.78 Å². The molecule has 1 aliphatic heterocycles. The van der Waals surface area contributed by atoms with Gasteiger partial charge in [0.25, 0.3) is 11.5 Å². The number of hydrogen-bond acceptors (Lipinski definition) is 5. The number of carbonyl (C=O) groups is 2. The van der Waals surface area contributed by atoms with Crippen molar-refractivity contribution in [2.24, 2.45) is 0 Å². The van der Waals surface area contributed by atoms with Crippen molar-refractivity contribution in [1.29, 1.82) is 0 Å². The van der Waals surface area contributed by atoms with Gasteiger partial charge in [0.15, 0.2) is 0 Å². The van der Waals surface area contributed by atoms with Gasteiger partial charge in [-0.05, 0) is 31.2 Å². The first-order valence-electron chi connectivity index (χ1n) is 8.86. The number of aromatic nitrogens is 2. The van der Waals surface area contributed by atoms with E-state index in [0.29, 0.717) is 22.8 Å². The maximum absolute atomic E-state index is 13.1. The lowest BCUT2D eigenvalue weighted by atomic mass is 10.1. The highest BCUT2D eigenvalue weighted by atomic mass is 16.5. The molecule has 2 aromatic carbocycles. The second-order valence-electron chi connectivity index (χ2n) is 6.20. The zero-order valence-electron chi connectivity index (χ0n) is 15.2. The van der Waals surface area contributed by atoms with Crippen LogP contribution >= 0.6 is 0 Å². The molecule has 1 aliphatic rings. The molecule has 28 heavy (non-hydrogen) atoms. The van der Waals surface area contributed by atoms with Crippen molar-refractivity contribution in [3.05, 3.63) is 88.1 Å². The molecule has 0 aliphatic carbocycles. The van der Waals surface area contributed by atoms with E-state index in [1.807, 2.05) is 6.07 Å². The van der Waals surface area contributed by atoms with E-state index in [-0.39, 0.29) is 24.6 Å². The summed E-state index contributed by atoms with van der Waals surface area (Å²) in [5.41, 5.74) is 0.965. The molecule has 0 unspecified atom stereocenters. The smallest absolute Gasteiger partial charge is 0.345 e. The van der Waals surface area contributed by atoms with E-state index in [9.17, 15) is 14.4 Å². The summed E-state index contributed by atoms with van der Waals surface area (Å²) in [6.45, 7) is 1.95. The first-order valence-corrected chi connectivity index (χ1v) is 8.86. The number of amides is 1. The van der Waals surface area contributed by atoms with E-state index >= 15 is 0 Å². The minimum atomic E-state index is -0.712. The number of ether oxygens (including phenoxy) is 1. The summed E-state index contributed by atoms with van der Waals surface area (Å²) < 4.78 is 6.32. The molecule has 0 N–H and O–H groups in total. The number of anilines is 1. The molecular formula is C21H17N3O4. The van der Waals surface area contributed by atoms with E-state index in [1.54, 1.807) is 60.4 Å². The zero-order valence-corrected chi connectivity index (χ0v) is 15.2. The van der Waals surface area contributed by atoms with Crippen LogP contribution in [0.2, 0.25) is 0 Å². The predicted molar refractivity (Wildman–Crippen MR) is 103 cm³/mol. The largest absolute Gasteiger partial charge is 0.462 e. The van der Waals surface area contributed by atoms with Crippen molar-refractivity contribution in [1.82, 2.24) is 9.55 Å².